The van der Waals surface area contributed by atoms with Gasteiger partial charge in [-0.15, -0.1) is 11.3 Å². The van der Waals surface area contributed by atoms with E-state index in [1.807, 2.05) is 61.7 Å². The first-order valence-electron chi connectivity index (χ1n) is 8.97. The van der Waals surface area contributed by atoms with Gasteiger partial charge in [0, 0.05) is 29.3 Å². The number of nitrogens with one attached hydrogen (secondary N) is 1. The lowest BCUT2D eigenvalue weighted by molar-refractivity contribution is -0.116. The molecule has 1 aromatic heterocycles. The Labute approximate surface area is 168 Å². The molecule has 3 rings (SSSR count). The van der Waals surface area contributed by atoms with Crippen LogP contribution in [-0.4, -0.2) is 23.8 Å². The lowest BCUT2D eigenvalue weighted by Crippen LogP contribution is -2.14. The molecule has 2 aromatic carbocycles. The van der Waals surface area contributed by atoms with Gasteiger partial charge in [-0.2, -0.15) is 0 Å². The number of Topliss-reactive ketones (excluding diaryl/α,β-unsaturated/α-hetero) is 1. The topological polar surface area (TPSA) is 68.3 Å². The highest BCUT2D eigenvalue weighted by atomic mass is 32.1. The Morgan fingerprint density at radius 2 is 1.89 bits per heavy atom. The molecular weight excluding hydrogens is 372 g/mol. The Morgan fingerprint density at radius 3 is 2.68 bits per heavy atom. The number of carbonyl (C=O) groups excluding carboxylic acids is 2. The SMILES string of the molecule is COc1ccccc1-c1csc(NC(=O)CCC(=O)c2cc(C)ccc2C)n1. The van der Waals surface area contributed by atoms with E-state index in [1.54, 1.807) is 7.11 Å². The lowest BCUT2D eigenvalue weighted by Gasteiger charge is -2.06. The number of para-hydroxylation sites is 1. The molecule has 0 bridgehead atoms. The Hall–Kier alpha value is -2.99. The van der Waals surface area contributed by atoms with Crippen molar-refractivity contribution in [1.29, 1.82) is 0 Å². The van der Waals surface area contributed by atoms with Crippen LogP contribution in [0.5, 0.6) is 5.75 Å². The zero-order valence-corrected chi connectivity index (χ0v) is 16.9. The molecule has 0 saturated heterocycles. The molecule has 0 atom stereocenters. The molecule has 1 heterocycles. The lowest BCUT2D eigenvalue weighted by atomic mass is 9.99. The van der Waals surface area contributed by atoms with Crippen LogP contribution in [0.2, 0.25) is 0 Å². The maximum Gasteiger partial charge on any atom is 0.226 e. The smallest absolute Gasteiger partial charge is 0.226 e. The molecule has 144 valence electrons. The number of aromatic nitrogens is 1. The van der Waals surface area contributed by atoms with Crippen LogP contribution in [0.15, 0.2) is 47.8 Å². The van der Waals surface area contributed by atoms with Gasteiger partial charge in [0.05, 0.1) is 12.8 Å². The second-order valence-electron chi connectivity index (χ2n) is 6.53. The maximum atomic E-state index is 12.4. The maximum absolute atomic E-state index is 12.4. The number of nitrogens with zero attached hydrogens (tertiary/aromatic N) is 1. The van der Waals surface area contributed by atoms with E-state index in [2.05, 4.69) is 10.3 Å². The van der Waals surface area contributed by atoms with E-state index in [0.29, 0.717) is 10.7 Å². The van der Waals surface area contributed by atoms with Gasteiger partial charge in [0.25, 0.3) is 0 Å². The van der Waals surface area contributed by atoms with E-state index in [1.165, 1.54) is 11.3 Å². The summed E-state index contributed by atoms with van der Waals surface area (Å²) in [6.45, 7) is 3.85. The summed E-state index contributed by atoms with van der Waals surface area (Å²) in [4.78, 5) is 29.1. The summed E-state index contributed by atoms with van der Waals surface area (Å²) < 4.78 is 5.35. The molecule has 0 aliphatic carbocycles. The van der Waals surface area contributed by atoms with Crippen molar-refractivity contribution in [1.82, 2.24) is 4.98 Å². The molecule has 0 saturated carbocycles. The highest BCUT2D eigenvalue weighted by molar-refractivity contribution is 7.14. The molecule has 0 aliphatic rings. The Bertz CT molecular complexity index is 1010. The number of thiazole rings is 1. The van der Waals surface area contributed by atoms with Crippen LogP contribution in [0.3, 0.4) is 0 Å². The number of ketones is 1. The summed E-state index contributed by atoms with van der Waals surface area (Å²) in [5.74, 6) is 0.481. The van der Waals surface area contributed by atoms with E-state index < -0.39 is 0 Å². The molecule has 0 aliphatic heterocycles. The van der Waals surface area contributed by atoms with Gasteiger partial charge < -0.3 is 10.1 Å². The normalized spacial score (nSPS) is 10.5. The summed E-state index contributed by atoms with van der Waals surface area (Å²) in [6.07, 6.45) is 0.288. The number of rotatable bonds is 7. The Balaban J connectivity index is 1.61. The average Bonchev–Trinajstić information content (AvgIpc) is 3.16. The number of hydrogen-bond donors (Lipinski definition) is 1. The van der Waals surface area contributed by atoms with Crippen molar-refractivity contribution in [2.75, 3.05) is 12.4 Å². The first-order valence-corrected chi connectivity index (χ1v) is 9.85. The van der Waals surface area contributed by atoms with E-state index in [9.17, 15) is 9.59 Å². The number of amides is 1. The fourth-order valence-electron chi connectivity index (χ4n) is 2.89. The number of benzene rings is 2. The second-order valence-corrected chi connectivity index (χ2v) is 7.39. The molecular formula is C22H22N2O3S. The third kappa shape index (κ3) is 4.64. The number of methoxy groups -OCH3 is 1. The molecule has 1 amide bonds. The van der Waals surface area contributed by atoms with Gasteiger partial charge in [0.1, 0.15) is 5.75 Å². The minimum absolute atomic E-state index is 0.0230. The van der Waals surface area contributed by atoms with Crippen molar-refractivity contribution < 1.29 is 14.3 Å². The summed E-state index contributed by atoms with van der Waals surface area (Å²) in [6, 6.07) is 13.4. The number of ether oxygens (including phenoxy) is 1. The van der Waals surface area contributed by atoms with Gasteiger partial charge in [-0.25, -0.2) is 4.98 Å². The van der Waals surface area contributed by atoms with Gasteiger partial charge in [0.2, 0.25) is 5.91 Å². The largest absolute Gasteiger partial charge is 0.496 e. The molecule has 0 radical (unpaired) electrons. The van der Waals surface area contributed by atoms with Crippen molar-refractivity contribution in [3.05, 3.63) is 64.5 Å². The zero-order valence-electron chi connectivity index (χ0n) is 16.1. The monoisotopic (exact) mass is 394 g/mol. The standard InChI is InChI=1S/C22H22N2O3S/c1-14-8-9-15(2)17(12-14)19(25)10-11-21(26)24-22-23-18(13-28-22)16-6-4-5-7-20(16)27-3/h4-9,12-13H,10-11H2,1-3H3,(H,23,24,26). The van der Waals surface area contributed by atoms with Crippen LogP contribution in [0, 0.1) is 13.8 Å². The molecule has 28 heavy (non-hydrogen) atoms. The van der Waals surface area contributed by atoms with E-state index in [0.717, 1.165) is 28.1 Å². The third-order valence-corrected chi connectivity index (χ3v) is 5.16. The minimum atomic E-state index is -0.223. The van der Waals surface area contributed by atoms with Crippen LogP contribution < -0.4 is 10.1 Å². The van der Waals surface area contributed by atoms with Crippen LogP contribution in [0.25, 0.3) is 11.3 Å². The first kappa shape index (κ1) is 19.8. The van der Waals surface area contributed by atoms with Crippen molar-refractivity contribution >= 4 is 28.2 Å². The summed E-state index contributed by atoms with van der Waals surface area (Å²) >= 11 is 1.34. The van der Waals surface area contributed by atoms with Crippen molar-refractivity contribution in [2.24, 2.45) is 0 Å². The highest BCUT2D eigenvalue weighted by Gasteiger charge is 2.14. The van der Waals surface area contributed by atoms with Gasteiger partial charge >= 0.3 is 0 Å². The number of carbonyl (C=O) groups is 2. The molecule has 0 spiro atoms. The Kier molecular flexibility index (Phi) is 6.21. The van der Waals surface area contributed by atoms with Gasteiger partial charge in [-0.05, 0) is 37.6 Å². The van der Waals surface area contributed by atoms with E-state index in [4.69, 9.17) is 4.74 Å². The molecule has 5 nitrogen and oxygen atoms in total. The molecule has 3 aromatic rings. The number of hydrogen-bond acceptors (Lipinski definition) is 5. The molecule has 0 fully saturated rings. The van der Waals surface area contributed by atoms with Crippen molar-refractivity contribution in [2.45, 2.75) is 26.7 Å². The van der Waals surface area contributed by atoms with Crippen molar-refractivity contribution in [3.63, 3.8) is 0 Å². The third-order valence-electron chi connectivity index (χ3n) is 4.41. The number of anilines is 1. The Morgan fingerprint density at radius 1 is 1.11 bits per heavy atom. The van der Waals surface area contributed by atoms with Crippen LogP contribution in [0.1, 0.15) is 34.3 Å². The fraction of sp³-hybridized carbons (Fsp3) is 0.227. The van der Waals surface area contributed by atoms with Gasteiger partial charge in [-0.3, -0.25) is 9.59 Å². The zero-order chi connectivity index (χ0) is 20.1. The average molecular weight is 394 g/mol. The van der Waals surface area contributed by atoms with Crippen LogP contribution in [0.4, 0.5) is 5.13 Å². The molecule has 6 heteroatoms. The van der Waals surface area contributed by atoms with E-state index >= 15 is 0 Å². The predicted molar refractivity (Wildman–Crippen MR) is 112 cm³/mol. The van der Waals surface area contributed by atoms with E-state index in [-0.39, 0.29) is 24.5 Å². The summed E-state index contributed by atoms with van der Waals surface area (Å²) in [7, 11) is 1.61. The van der Waals surface area contributed by atoms with Crippen molar-refractivity contribution in [3.8, 4) is 17.0 Å². The summed E-state index contributed by atoms with van der Waals surface area (Å²) in [5, 5.41) is 5.15. The molecule has 0 unspecified atom stereocenters. The quantitative estimate of drug-likeness (QED) is 0.570. The van der Waals surface area contributed by atoms with Crippen LogP contribution in [-0.2, 0) is 4.79 Å². The summed E-state index contributed by atoms with van der Waals surface area (Å²) in [5.41, 5.74) is 4.25. The van der Waals surface area contributed by atoms with Gasteiger partial charge in [0.15, 0.2) is 10.9 Å². The van der Waals surface area contributed by atoms with Crippen LogP contribution >= 0.6 is 11.3 Å². The second kappa shape index (κ2) is 8.80. The highest BCUT2D eigenvalue weighted by Crippen LogP contribution is 2.31. The van der Waals surface area contributed by atoms with Gasteiger partial charge in [-0.1, -0.05) is 29.8 Å². The fourth-order valence-corrected chi connectivity index (χ4v) is 3.62. The predicted octanol–water partition coefficient (Wildman–Crippen LogP) is 5.04. The minimum Gasteiger partial charge on any atom is -0.496 e. The first-order chi connectivity index (χ1) is 13.5. The number of aryl methyl sites for hydroxylation is 2. The molecule has 1 N–H and O–H groups in total.